The molecule has 0 rings (SSSR count). The molecule has 0 aliphatic carbocycles. The van der Waals surface area contributed by atoms with E-state index in [9.17, 15) is 14.4 Å². The maximum atomic E-state index is 10.1. The van der Waals surface area contributed by atoms with Gasteiger partial charge in [-0.3, -0.25) is 14.4 Å². The summed E-state index contributed by atoms with van der Waals surface area (Å²) in [5.74, 6) is -2.60. The van der Waals surface area contributed by atoms with Gasteiger partial charge in [-0.2, -0.15) is 0 Å². The van der Waals surface area contributed by atoms with Gasteiger partial charge in [-0.15, -0.1) is 0 Å². The number of carbonyl (C=O) groups is 3. The topological polar surface area (TPSA) is 170 Å². The van der Waals surface area contributed by atoms with Gasteiger partial charge >= 0.3 is 11.9 Å². The highest BCUT2D eigenvalue weighted by atomic mass is 16.4. The van der Waals surface area contributed by atoms with Crippen LogP contribution in [0.2, 0.25) is 0 Å². The molecule has 8 nitrogen and oxygen atoms in total. The maximum absolute atomic E-state index is 10.1. The second-order valence-electron chi connectivity index (χ2n) is 3.08. The van der Waals surface area contributed by atoms with E-state index in [4.69, 9.17) is 27.4 Å². The Morgan fingerprint density at radius 3 is 1.69 bits per heavy atom. The molecule has 0 aromatic rings. The zero-order chi connectivity index (χ0) is 13.3. The number of amides is 1. The van der Waals surface area contributed by atoms with Gasteiger partial charge in [-0.1, -0.05) is 0 Å². The minimum atomic E-state index is -1.11. The fraction of sp³-hybridized carbons (Fsp3) is 0.625. The first-order valence-electron chi connectivity index (χ1n) is 4.43. The number of nitrogens with two attached hydrogens (primary N) is 3. The summed E-state index contributed by atoms with van der Waals surface area (Å²) < 4.78 is 0. The number of carbonyl (C=O) groups excluding carboxylic acids is 1. The molecule has 94 valence electrons. The van der Waals surface area contributed by atoms with E-state index in [0.717, 1.165) is 0 Å². The van der Waals surface area contributed by atoms with E-state index >= 15 is 0 Å². The third kappa shape index (κ3) is 12.3. The monoisotopic (exact) mass is 235 g/mol. The van der Waals surface area contributed by atoms with Gasteiger partial charge in [0.25, 0.3) is 0 Å². The number of aliphatic carboxylic acids is 2. The summed E-state index contributed by atoms with van der Waals surface area (Å²) in [7, 11) is 0. The Hall–Kier alpha value is -1.67. The normalized spacial score (nSPS) is 12.9. The van der Waals surface area contributed by atoms with Crippen LogP contribution in [0.5, 0.6) is 0 Å². The van der Waals surface area contributed by atoms with E-state index in [1.54, 1.807) is 0 Å². The summed E-state index contributed by atoms with van der Waals surface area (Å²) in [5, 5.41) is 16.1. The lowest BCUT2D eigenvalue weighted by atomic mass is 10.2. The minimum Gasteiger partial charge on any atom is -0.480 e. The lowest BCUT2D eigenvalue weighted by Crippen LogP contribution is -2.31. The predicted molar refractivity (Wildman–Crippen MR) is 55.3 cm³/mol. The fourth-order valence-electron chi connectivity index (χ4n) is 0.421. The fourth-order valence-corrected chi connectivity index (χ4v) is 0.421. The molecule has 0 aromatic heterocycles. The van der Waals surface area contributed by atoms with Gasteiger partial charge in [0.1, 0.15) is 12.1 Å². The van der Waals surface area contributed by atoms with Crippen molar-refractivity contribution in [2.75, 3.05) is 0 Å². The number of hydrogen-bond acceptors (Lipinski definition) is 5. The van der Waals surface area contributed by atoms with Crippen LogP contribution in [0.3, 0.4) is 0 Å². The first-order valence-corrected chi connectivity index (χ1v) is 4.43. The van der Waals surface area contributed by atoms with Gasteiger partial charge in [0.2, 0.25) is 5.91 Å². The smallest absolute Gasteiger partial charge is 0.320 e. The van der Waals surface area contributed by atoms with Crippen molar-refractivity contribution in [1.82, 2.24) is 0 Å². The summed E-state index contributed by atoms with van der Waals surface area (Å²) >= 11 is 0. The van der Waals surface area contributed by atoms with Crippen molar-refractivity contribution in [3.05, 3.63) is 0 Å². The van der Waals surface area contributed by atoms with Crippen LogP contribution in [0, 0.1) is 0 Å². The van der Waals surface area contributed by atoms with Gasteiger partial charge in [-0.05, 0) is 13.3 Å². The third-order valence-corrected chi connectivity index (χ3v) is 1.41. The molecular formula is C8H17N3O5. The molecule has 16 heavy (non-hydrogen) atoms. The molecule has 0 spiro atoms. The van der Waals surface area contributed by atoms with Gasteiger partial charge in [0.15, 0.2) is 0 Å². The van der Waals surface area contributed by atoms with Crippen molar-refractivity contribution in [3.63, 3.8) is 0 Å². The van der Waals surface area contributed by atoms with Crippen LogP contribution in [-0.2, 0) is 14.4 Å². The Morgan fingerprint density at radius 2 is 1.50 bits per heavy atom. The minimum absolute atomic E-state index is 0.0213. The summed E-state index contributed by atoms with van der Waals surface area (Å²) in [6.45, 7) is 1.42. The maximum Gasteiger partial charge on any atom is 0.320 e. The molecule has 0 saturated heterocycles. The second-order valence-corrected chi connectivity index (χ2v) is 3.08. The summed E-state index contributed by atoms with van der Waals surface area (Å²) in [6, 6.07) is -1.71. The van der Waals surface area contributed by atoms with Crippen LogP contribution in [-0.4, -0.2) is 40.1 Å². The second kappa shape index (κ2) is 8.62. The molecule has 2 unspecified atom stereocenters. The number of carboxylic acids is 2. The van der Waals surface area contributed by atoms with Crippen LogP contribution in [0.15, 0.2) is 0 Å². The summed E-state index contributed by atoms with van der Waals surface area (Å²) in [5.41, 5.74) is 14.6. The van der Waals surface area contributed by atoms with Crippen molar-refractivity contribution in [2.24, 2.45) is 17.2 Å². The molecule has 0 heterocycles. The Bertz CT molecular complexity index is 254. The number of hydrogen-bond donors (Lipinski definition) is 5. The molecule has 2 atom stereocenters. The van der Waals surface area contributed by atoms with Gasteiger partial charge in [0, 0.05) is 6.42 Å². The van der Waals surface area contributed by atoms with E-state index in [-0.39, 0.29) is 12.8 Å². The molecule has 0 radical (unpaired) electrons. The van der Waals surface area contributed by atoms with Crippen molar-refractivity contribution in [3.8, 4) is 0 Å². The Kier molecular flexibility index (Phi) is 9.03. The van der Waals surface area contributed by atoms with E-state index in [0.29, 0.717) is 0 Å². The molecule has 0 saturated carbocycles. The average Bonchev–Trinajstić information content (AvgIpc) is 2.14. The molecule has 0 aliphatic heterocycles. The lowest BCUT2D eigenvalue weighted by molar-refractivity contribution is -0.139. The highest BCUT2D eigenvalue weighted by Crippen LogP contribution is 1.92. The standard InChI is InChI=1S/C5H10N2O3.C3H7NO2/c6-3(5(9)10)1-2-4(7)8;1-2(4)3(5)6/h3H,1-2,6H2,(H2,7,8)(H,9,10);2H,4H2,1H3,(H,5,6). The Morgan fingerprint density at radius 1 is 1.12 bits per heavy atom. The van der Waals surface area contributed by atoms with E-state index in [1.165, 1.54) is 6.92 Å². The molecule has 8 heteroatoms. The zero-order valence-corrected chi connectivity index (χ0v) is 8.92. The van der Waals surface area contributed by atoms with E-state index in [1.807, 2.05) is 0 Å². The first-order chi connectivity index (χ1) is 7.18. The highest BCUT2D eigenvalue weighted by molar-refractivity contribution is 5.77. The van der Waals surface area contributed by atoms with Crippen molar-refractivity contribution >= 4 is 17.8 Å². The zero-order valence-electron chi connectivity index (χ0n) is 8.92. The molecule has 0 bridgehead atoms. The molecule has 1 amide bonds. The van der Waals surface area contributed by atoms with Gasteiger partial charge in [0.05, 0.1) is 0 Å². The van der Waals surface area contributed by atoms with Crippen LogP contribution in [0.25, 0.3) is 0 Å². The molecule has 0 fully saturated rings. The highest BCUT2D eigenvalue weighted by Gasteiger charge is 2.11. The van der Waals surface area contributed by atoms with Crippen LogP contribution < -0.4 is 17.2 Å². The van der Waals surface area contributed by atoms with Gasteiger partial charge < -0.3 is 27.4 Å². The Labute approximate surface area is 92.4 Å². The molecule has 8 N–H and O–H groups in total. The quantitative estimate of drug-likeness (QED) is 0.369. The predicted octanol–water partition coefficient (Wildman–Crippen LogP) is -1.92. The lowest BCUT2D eigenvalue weighted by Gasteiger charge is -2.01. The van der Waals surface area contributed by atoms with Crippen LogP contribution in [0.4, 0.5) is 0 Å². The van der Waals surface area contributed by atoms with E-state index < -0.39 is 29.9 Å². The van der Waals surface area contributed by atoms with Crippen molar-refractivity contribution < 1.29 is 24.6 Å². The van der Waals surface area contributed by atoms with Gasteiger partial charge in [-0.25, -0.2) is 0 Å². The van der Waals surface area contributed by atoms with Crippen LogP contribution >= 0.6 is 0 Å². The van der Waals surface area contributed by atoms with Crippen molar-refractivity contribution in [2.45, 2.75) is 31.8 Å². The SMILES string of the molecule is CC(N)C(=O)O.NC(=O)CCC(N)C(=O)O. The summed E-state index contributed by atoms with van der Waals surface area (Å²) in [6.07, 6.45) is 0.123. The molecule has 0 aliphatic rings. The first kappa shape index (κ1) is 16.7. The molecular weight excluding hydrogens is 218 g/mol. The number of carboxylic acid groups (broad SMARTS) is 2. The molecule has 0 aromatic carbocycles. The van der Waals surface area contributed by atoms with Crippen LogP contribution in [0.1, 0.15) is 19.8 Å². The third-order valence-electron chi connectivity index (χ3n) is 1.41. The Balaban J connectivity index is 0. The van der Waals surface area contributed by atoms with E-state index in [2.05, 4.69) is 0 Å². The summed E-state index contributed by atoms with van der Waals surface area (Å²) in [4.78, 5) is 29.7. The average molecular weight is 235 g/mol. The van der Waals surface area contributed by atoms with Crippen molar-refractivity contribution in [1.29, 1.82) is 0 Å². The number of primary amides is 1. The number of rotatable bonds is 5. The largest absolute Gasteiger partial charge is 0.480 e.